The molecule has 0 spiro atoms. The van der Waals surface area contributed by atoms with Crippen LogP contribution in [0.3, 0.4) is 0 Å². The van der Waals surface area contributed by atoms with Crippen molar-refractivity contribution < 1.29 is 18.0 Å². The highest BCUT2D eigenvalue weighted by Gasteiger charge is 2.39. The van der Waals surface area contributed by atoms with Crippen molar-refractivity contribution in [2.45, 2.75) is 4.90 Å². The zero-order valence-corrected chi connectivity index (χ0v) is 21.6. The van der Waals surface area contributed by atoms with Crippen LogP contribution >= 0.6 is 0 Å². The quantitative estimate of drug-likeness (QED) is 0.479. The third-order valence-electron chi connectivity index (χ3n) is 7.01. The van der Waals surface area contributed by atoms with E-state index in [-0.39, 0.29) is 27.5 Å². The van der Waals surface area contributed by atoms with Gasteiger partial charge in [0, 0.05) is 64.5 Å². The maximum Gasteiger partial charge on any atom is 0.258 e. The number of Topliss-reactive ketones (excluding diaryl/α,β-unsaturated/α-hetero) is 1. The first kappa shape index (κ1) is 25.3. The Balaban J connectivity index is 1.30. The molecular weight excluding hydrogens is 492 g/mol. The van der Waals surface area contributed by atoms with E-state index in [2.05, 4.69) is 25.0 Å². The second kappa shape index (κ2) is 9.84. The van der Waals surface area contributed by atoms with Crippen molar-refractivity contribution in [3.63, 3.8) is 0 Å². The van der Waals surface area contributed by atoms with Crippen LogP contribution in [0.5, 0.6) is 0 Å². The second-order valence-corrected chi connectivity index (χ2v) is 11.2. The highest BCUT2D eigenvalue weighted by atomic mass is 32.2. The van der Waals surface area contributed by atoms with E-state index >= 15 is 0 Å². The van der Waals surface area contributed by atoms with E-state index in [0.29, 0.717) is 35.5 Å². The van der Waals surface area contributed by atoms with Gasteiger partial charge in [-0.3, -0.25) is 14.5 Å². The molecule has 5 rings (SSSR count). The monoisotopic (exact) mass is 522 g/mol. The van der Waals surface area contributed by atoms with E-state index in [0.717, 1.165) is 26.2 Å². The number of sulfonamides is 1. The predicted molar refractivity (Wildman–Crippen MR) is 140 cm³/mol. The fourth-order valence-corrected chi connectivity index (χ4v) is 5.97. The van der Waals surface area contributed by atoms with Gasteiger partial charge in [0.05, 0.1) is 27.4 Å². The minimum atomic E-state index is -3.71. The molecule has 0 saturated carbocycles. The molecule has 2 aromatic rings. The van der Waals surface area contributed by atoms with Crippen LogP contribution in [0.15, 0.2) is 64.6 Å². The van der Waals surface area contributed by atoms with E-state index in [1.165, 1.54) is 12.1 Å². The first-order valence-corrected chi connectivity index (χ1v) is 13.6. The number of hydrogen-bond acceptors (Lipinski definition) is 8. The number of hydrazine groups is 1. The Hall–Kier alpha value is -3.35. The summed E-state index contributed by atoms with van der Waals surface area (Å²) in [6.07, 6.45) is 0. The summed E-state index contributed by atoms with van der Waals surface area (Å²) in [6, 6.07) is 13.0. The summed E-state index contributed by atoms with van der Waals surface area (Å²) in [6.45, 7) is 4.50. The molecule has 0 atom stereocenters. The number of nitrogens with two attached hydrogens (primary N) is 1. The van der Waals surface area contributed by atoms with Crippen molar-refractivity contribution in [3.05, 3.63) is 76.4 Å². The van der Waals surface area contributed by atoms with Gasteiger partial charge < -0.3 is 11.1 Å². The third-order valence-corrected chi connectivity index (χ3v) is 8.49. The Morgan fingerprint density at radius 1 is 0.946 bits per heavy atom. The minimum Gasteiger partial charge on any atom is -0.398 e. The Morgan fingerprint density at radius 3 is 2.24 bits per heavy atom. The van der Waals surface area contributed by atoms with Gasteiger partial charge >= 0.3 is 0 Å². The topological polar surface area (TPSA) is 128 Å². The lowest BCUT2D eigenvalue weighted by atomic mass is 9.84. The maximum atomic E-state index is 13.2. The number of rotatable bonds is 7. The average Bonchev–Trinajstić information content (AvgIpc) is 3.25. The molecule has 1 amide bonds. The first-order valence-electron chi connectivity index (χ1n) is 12.1. The number of piperazine rings is 1. The van der Waals surface area contributed by atoms with Crippen LogP contribution in [0.4, 0.5) is 0 Å². The molecule has 0 radical (unpaired) electrons. The van der Waals surface area contributed by atoms with Crippen LogP contribution in [-0.2, 0) is 14.8 Å². The normalized spacial score (nSPS) is 18.9. The molecule has 2 aromatic carbocycles. The van der Waals surface area contributed by atoms with Gasteiger partial charge in [-0.05, 0) is 17.7 Å². The molecule has 0 unspecified atom stereocenters. The average molecular weight is 523 g/mol. The first-order chi connectivity index (χ1) is 17.7. The van der Waals surface area contributed by atoms with Gasteiger partial charge in [0.2, 0.25) is 10.0 Å². The molecule has 1 fully saturated rings. The zero-order valence-electron chi connectivity index (χ0n) is 20.8. The van der Waals surface area contributed by atoms with Gasteiger partial charge in [-0.1, -0.05) is 36.4 Å². The maximum absolute atomic E-state index is 13.2. The van der Waals surface area contributed by atoms with Crippen LogP contribution in [0.2, 0.25) is 0 Å². The van der Waals surface area contributed by atoms with Gasteiger partial charge in [-0.25, -0.2) is 23.2 Å². The molecule has 10 nitrogen and oxygen atoms in total. The molecular formula is C26H30N6O4S. The number of nitrogens with one attached hydrogen (secondary N) is 2. The largest absolute Gasteiger partial charge is 0.398 e. The molecule has 1 saturated heterocycles. The Bertz CT molecular complexity index is 1420. The van der Waals surface area contributed by atoms with E-state index in [1.807, 2.05) is 14.1 Å². The van der Waals surface area contributed by atoms with E-state index in [9.17, 15) is 18.0 Å². The number of ketones is 1. The number of amides is 1. The van der Waals surface area contributed by atoms with Crippen LogP contribution in [0.1, 0.15) is 21.5 Å². The number of fused-ring (bicyclic) bond motifs is 2. The summed E-state index contributed by atoms with van der Waals surface area (Å²) in [7, 11) is 0.321. The fraction of sp³-hybridized carbons (Fsp3) is 0.308. The minimum absolute atomic E-state index is 0.110. The van der Waals surface area contributed by atoms with Crippen LogP contribution < -0.4 is 15.8 Å². The smallest absolute Gasteiger partial charge is 0.258 e. The third kappa shape index (κ3) is 4.72. The Labute approximate surface area is 216 Å². The number of carbonyl (C=O) groups is 2. The van der Waals surface area contributed by atoms with Crippen molar-refractivity contribution in [1.29, 1.82) is 0 Å². The highest BCUT2D eigenvalue weighted by molar-refractivity contribution is 7.89. The second-order valence-electron chi connectivity index (χ2n) is 9.43. The molecule has 11 heteroatoms. The number of carbonyl (C=O) groups excluding carboxylic acids is 2. The van der Waals surface area contributed by atoms with E-state index < -0.39 is 15.9 Å². The zero-order chi connectivity index (χ0) is 26.3. The molecule has 3 aliphatic rings. The predicted octanol–water partition coefficient (Wildman–Crippen LogP) is 0.466. The van der Waals surface area contributed by atoms with Gasteiger partial charge in [0.25, 0.3) is 5.91 Å². The standard InChI is InChI=1S/C26H30N6O4S/c1-30(2)32-15-13-31(14-16-32)12-11-28-37(35,36)18-9-7-17(8-10-18)24-22-21(26(34)29-24)23(27)19-5-3-4-6-20(19)25(22)33/h3-10,28H,11-16,27H2,1-2H3,(H,29,34). The number of nitrogens with zero attached hydrogens (tertiary/aromatic N) is 3. The van der Waals surface area contributed by atoms with Crippen molar-refractivity contribution in [3.8, 4) is 0 Å². The fourth-order valence-electron chi connectivity index (χ4n) is 4.95. The molecule has 2 heterocycles. The van der Waals surface area contributed by atoms with Gasteiger partial charge in [0.15, 0.2) is 5.78 Å². The summed E-state index contributed by atoms with van der Waals surface area (Å²) < 4.78 is 28.4. The summed E-state index contributed by atoms with van der Waals surface area (Å²) in [4.78, 5) is 28.3. The van der Waals surface area contributed by atoms with Crippen molar-refractivity contribution in [2.24, 2.45) is 5.73 Å². The molecule has 1 aliphatic carbocycles. The van der Waals surface area contributed by atoms with Gasteiger partial charge in [-0.15, -0.1) is 0 Å². The summed E-state index contributed by atoms with van der Waals surface area (Å²) >= 11 is 0. The lowest BCUT2D eigenvalue weighted by Crippen LogP contribution is -2.52. The summed E-state index contributed by atoms with van der Waals surface area (Å²) in [5.41, 5.74) is 8.71. The van der Waals surface area contributed by atoms with Gasteiger partial charge in [-0.2, -0.15) is 0 Å². The summed E-state index contributed by atoms with van der Waals surface area (Å²) in [5.74, 6) is -0.743. The van der Waals surface area contributed by atoms with Crippen LogP contribution in [0, 0.1) is 0 Å². The van der Waals surface area contributed by atoms with Crippen molar-refractivity contribution in [2.75, 3.05) is 53.4 Å². The molecule has 194 valence electrons. The molecule has 0 aromatic heterocycles. The number of hydrogen-bond donors (Lipinski definition) is 3. The van der Waals surface area contributed by atoms with Crippen LogP contribution in [-0.4, -0.2) is 88.4 Å². The SMILES string of the molecule is CN(C)N1CCN(CCNS(=O)(=O)c2ccc(C3=C4C(=O)c5ccccc5C(N)=C4C(=O)N3)cc2)CC1. The molecule has 0 bridgehead atoms. The number of benzene rings is 2. The van der Waals surface area contributed by atoms with Crippen molar-refractivity contribution in [1.82, 2.24) is 25.0 Å². The lowest BCUT2D eigenvalue weighted by Gasteiger charge is -2.37. The Kier molecular flexibility index (Phi) is 6.73. The lowest BCUT2D eigenvalue weighted by molar-refractivity contribution is -0.115. The summed E-state index contributed by atoms with van der Waals surface area (Å²) in [5, 5.41) is 7.08. The molecule has 2 aliphatic heterocycles. The Morgan fingerprint density at radius 2 is 1.59 bits per heavy atom. The van der Waals surface area contributed by atoms with E-state index in [4.69, 9.17) is 5.73 Å². The highest BCUT2D eigenvalue weighted by Crippen LogP contribution is 2.39. The van der Waals surface area contributed by atoms with Gasteiger partial charge in [0.1, 0.15) is 0 Å². The molecule has 37 heavy (non-hydrogen) atoms. The van der Waals surface area contributed by atoms with Crippen molar-refractivity contribution >= 4 is 33.1 Å². The van der Waals surface area contributed by atoms with E-state index in [1.54, 1.807) is 36.4 Å². The van der Waals surface area contributed by atoms with Crippen LogP contribution in [0.25, 0.3) is 11.4 Å². The molecule has 4 N–H and O–H groups in total.